The fourth-order valence-corrected chi connectivity index (χ4v) is 3.13. The number of aliphatic hydroxyl groups excluding tert-OH is 1. The van der Waals surface area contributed by atoms with Crippen LogP contribution in [0, 0.1) is 0 Å². The summed E-state index contributed by atoms with van der Waals surface area (Å²) in [6, 6.07) is 7.91. The molecule has 2 rings (SSSR count). The lowest BCUT2D eigenvalue weighted by Crippen LogP contribution is -2.48. The van der Waals surface area contributed by atoms with Crippen LogP contribution in [0.25, 0.3) is 0 Å². The molecule has 1 heterocycles. The van der Waals surface area contributed by atoms with E-state index < -0.39 is 6.10 Å². The number of aliphatic hydroxyl groups is 1. The maximum atomic E-state index is 12.2. The van der Waals surface area contributed by atoms with Crippen LogP contribution >= 0.6 is 0 Å². The Morgan fingerprint density at radius 1 is 1.32 bits per heavy atom. The summed E-state index contributed by atoms with van der Waals surface area (Å²) in [5.74, 6) is -0.0532. The van der Waals surface area contributed by atoms with Crippen LogP contribution < -0.4 is 5.32 Å². The molecular formula is C19H32N4O2. The predicted molar refractivity (Wildman–Crippen MR) is 102 cm³/mol. The molecule has 25 heavy (non-hydrogen) atoms. The van der Waals surface area contributed by atoms with Gasteiger partial charge in [-0.3, -0.25) is 14.6 Å². The van der Waals surface area contributed by atoms with Crippen LogP contribution in [-0.4, -0.2) is 91.7 Å². The number of carbonyl (C=O) groups excluding carboxylic acids is 1. The largest absolute Gasteiger partial charge is 0.390 e. The van der Waals surface area contributed by atoms with E-state index in [1.165, 1.54) is 5.56 Å². The van der Waals surface area contributed by atoms with Gasteiger partial charge in [-0.2, -0.15) is 0 Å². The van der Waals surface area contributed by atoms with Crippen molar-refractivity contribution < 1.29 is 9.90 Å². The molecule has 6 heteroatoms. The van der Waals surface area contributed by atoms with Crippen molar-refractivity contribution in [3.63, 3.8) is 0 Å². The Labute approximate surface area is 151 Å². The third-order valence-corrected chi connectivity index (χ3v) is 4.62. The molecule has 2 N–H and O–H groups in total. The summed E-state index contributed by atoms with van der Waals surface area (Å²) in [6.45, 7) is 7.60. The molecule has 0 bridgehead atoms. The first kappa shape index (κ1) is 19.8. The summed E-state index contributed by atoms with van der Waals surface area (Å²) >= 11 is 0. The second-order valence-corrected chi connectivity index (χ2v) is 7.06. The van der Waals surface area contributed by atoms with Crippen molar-refractivity contribution in [2.75, 3.05) is 65.2 Å². The first-order chi connectivity index (χ1) is 12.0. The van der Waals surface area contributed by atoms with Crippen LogP contribution in [0.2, 0.25) is 0 Å². The van der Waals surface area contributed by atoms with Crippen molar-refractivity contribution in [3.05, 3.63) is 29.8 Å². The molecule has 140 valence electrons. The molecule has 0 saturated carbocycles. The monoisotopic (exact) mass is 348 g/mol. The minimum atomic E-state index is -0.440. The fourth-order valence-electron chi connectivity index (χ4n) is 3.13. The molecule has 1 aromatic rings. The lowest BCUT2D eigenvalue weighted by molar-refractivity contribution is -0.117. The molecule has 1 atom stereocenters. The van der Waals surface area contributed by atoms with Crippen LogP contribution in [0.1, 0.15) is 12.5 Å². The maximum absolute atomic E-state index is 12.2. The van der Waals surface area contributed by atoms with Gasteiger partial charge in [0.05, 0.1) is 12.6 Å². The lowest BCUT2D eigenvalue weighted by Gasteiger charge is -2.34. The molecule has 1 fully saturated rings. The van der Waals surface area contributed by atoms with E-state index in [1.807, 2.05) is 30.1 Å². The molecule has 1 aromatic carbocycles. The highest BCUT2D eigenvalue weighted by atomic mass is 16.3. The zero-order valence-corrected chi connectivity index (χ0v) is 15.7. The Morgan fingerprint density at radius 3 is 2.72 bits per heavy atom. The van der Waals surface area contributed by atoms with Crippen molar-refractivity contribution in [2.45, 2.75) is 19.4 Å². The number of nitrogens with one attached hydrogen (secondary N) is 1. The number of carbonyl (C=O) groups is 1. The number of anilines is 1. The van der Waals surface area contributed by atoms with Crippen LogP contribution in [0.5, 0.6) is 0 Å². The van der Waals surface area contributed by atoms with Crippen molar-refractivity contribution in [1.29, 1.82) is 0 Å². The topological polar surface area (TPSA) is 59.1 Å². The van der Waals surface area contributed by atoms with Gasteiger partial charge in [0.1, 0.15) is 0 Å². The van der Waals surface area contributed by atoms with Crippen LogP contribution in [0.3, 0.4) is 0 Å². The lowest BCUT2D eigenvalue weighted by atomic mass is 10.1. The van der Waals surface area contributed by atoms with E-state index in [1.54, 1.807) is 0 Å². The SMILES string of the molecule is CCc1cccc(NC(=O)CN(C)CC(O)CN2CCN(C)CC2)c1. The molecule has 0 radical (unpaired) electrons. The highest BCUT2D eigenvalue weighted by molar-refractivity contribution is 5.92. The molecule has 1 aliphatic heterocycles. The molecule has 0 aromatic heterocycles. The predicted octanol–water partition coefficient (Wildman–Crippen LogP) is 0.728. The fraction of sp³-hybridized carbons (Fsp3) is 0.632. The smallest absolute Gasteiger partial charge is 0.238 e. The van der Waals surface area contributed by atoms with Gasteiger partial charge in [0.2, 0.25) is 5.91 Å². The van der Waals surface area contributed by atoms with Crippen molar-refractivity contribution in [3.8, 4) is 0 Å². The molecule has 1 saturated heterocycles. The van der Waals surface area contributed by atoms with Gasteiger partial charge in [0, 0.05) is 45.0 Å². The van der Waals surface area contributed by atoms with E-state index in [2.05, 4.69) is 35.2 Å². The molecule has 1 aliphatic rings. The number of aryl methyl sites for hydroxylation is 1. The summed E-state index contributed by atoms with van der Waals surface area (Å²) in [6.07, 6.45) is 0.506. The van der Waals surface area contributed by atoms with Gasteiger partial charge in [-0.15, -0.1) is 0 Å². The third kappa shape index (κ3) is 7.12. The number of amides is 1. The van der Waals surface area contributed by atoms with Gasteiger partial charge in [0.25, 0.3) is 0 Å². The average Bonchev–Trinajstić information content (AvgIpc) is 2.56. The second kappa shape index (κ2) is 9.87. The first-order valence-electron chi connectivity index (χ1n) is 9.12. The van der Waals surface area contributed by atoms with E-state index in [-0.39, 0.29) is 12.5 Å². The van der Waals surface area contributed by atoms with Gasteiger partial charge in [-0.1, -0.05) is 19.1 Å². The zero-order valence-electron chi connectivity index (χ0n) is 15.7. The number of nitrogens with zero attached hydrogens (tertiary/aromatic N) is 3. The van der Waals surface area contributed by atoms with E-state index >= 15 is 0 Å². The number of hydrogen-bond acceptors (Lipinski definition) is 5. The minimum Gasteiger partial charge on any atom is -0.390 e. The van der Waals surface area contributed by atoms with Crippen LogP contribution in [-0.2, 0) is 11.2 Å². The molecule has 0 spiro atoms. The highest BCUT2D eigenvalue weighted by Crippen LogP contribution is 2.11. The first-order valence-corrected chi connectivity index (χ1v) is 9.12. The maximum Gasteiger partial charge on any atom is 0.238 e. The van der Waals surface area contributed by atoms with E-state index in [0.717, 1.165) is 38.3 Å². The zero-order chi connectivity index (χ0) is 18.2. The number of β-amino-alcohol motifs (C(OH)–C–C–N with tert-alkyl or cyclic N) is 1. The average molecular weight is 348 g/mol. The van der Waals surface area contributed by atoms with E-state index in [9.17, 15) is 9.90 Å². The summed E-state index contributed by atoms with van der Waals surface area (Å²) < 4.78 is 0. The number of likely N-dealkylation sites (N-methyl/N-ethyl adjacent to an activating group) is 2. The normalized spacial score (nSPS) is 17.6. The van der Waals surface area contributed by atoms with Gasteiger partial charge < -0.3 is 15.3 Å². The Morgan fingerprint density at radius 2 is 2.04 bits per heavy atom. The number of hydrogen-bond donors (Lipinski definition) is 2. The second-order valence-electron chi connectivity index (χ2n) is 7.06. The summed E-state index contributed by atoms with van der Waals surface area (Å²) in [5, 5.41) is 13.2. The van der Waals surface area contributed by atoms with Crippen molar-refractivity contribution in [1.82, 2.24) is 14.7 Å². The van der Waals surface area contributed by atoms with Gasteiger partial charge in [0.15, 0.2) is 0 Å². The molecule has 1 amide bonds. The highest BCUT2D eigenvalue weighted by Gasteiger charge is 2.18. The molecular weight excluding hydrogens is 316 g/mol. The van der Waals surface area contributed by atoms with Crippen LogP contribution in [0.4, 0.5) is 5.69 Å². The molecule has 0 aliphatic carbocycles. The molecule has 6 nitrogen and oxygen atoms in total. The van der Waals surface area contributed by atoms with Gasteiger partial charge in [-0.25, -0.2) is 0 Å². The van der Waals surface area contributed by atoms with Gasteiger partial charge in [-0.05, 0) is 38.2 Å². The number of benzene rings is 1. The Bertz CT molecular complexity index is 544. The van der Waals surface area contributed by atoms with Crippen molar-refractivity contribution >= 4 is 11.6 Å². The standard InChI is InChI=1S/C19H32N4O2/c1-4-16-6-5-7-17(12-16)20-19(25)15-22(3)13-18(24)14-23-10-8-21(2)9-11-23/h5-7,12,18,24H,4,8-11,13-15H2,1-3H3,(H,20,25). The van der Waals surface area contributed by atoms with Crippen LogP contribution in [0.15, 0.2) is 24.3 Å². The minimum absolute atomic E-state index is 0.0532. The van der Waals surface area contributed by atoms with E-state index in [0.29, 0.717) is 13.1 Å². The summed E-state index contributed by atoms with van der Waals surface area (Å²) in [5.41, 5.74) is 2.03. The summed E-state index contributed by atoms with van der Waals surface area (Å²) in [7, 11) is 3.99. The Kier molecular flexibility index (Phi) is 7.84. The number of rotatable bonds is 8. The summed E-state index contributed by atoms with van der Waals surface area (Å²) in [4.78, 5) is 18.6. The number of piperazine rings is 1. The molecule has 1 unspecified atom stereocenters. The van der Waals surface area contributed by atoms with Crippen molar-refractivity contribution in [2.24, 2.45) is 0 Å². The Balaban J connectivity index is 1.71. The Hall–Kier alpha value is -1.47. The quantitative estimate of drug-likeness (QED) is 0.725. The van der Waals surface area contributed by atoms with E-state index in [4.69, 9.17) is 0 Å². The van der Waals surface area contributed by atoms with Gasteiger partial charge >= 0.3 is 0 Å². The third-order valence-electron chi connectivity index (χ3n) is 4.62.